The highest BCUT2D eigenvalue weighted by Gasteiger charge is 2.63. The van der Waals surface area contributed by atoms with Crippen LogP contribution in [-0.2, 0) is 9.47 Å². The molecule has 0 aromatic heterocycles. The molecular weight excluding hydrogens is 228 g/mol. The first-order chi connectivity index (χ1) is 8.70. The summed E-state index contributed by atoms with van der Waals surface area (Å²) < 4.78 is 11.7. The first kappa shape index (κ1) is 11.4. The monoisotopic (exact) mass is 250 g/mol. The van der Waals surface area contributed by atoms with Crippen LogP contribution in [0.3, 0.4) is 0 Å². The van der Waals surface area contributed by atoms with Gasteiger partial charge in [0.25, 0.3) is 0 Å². The summed E-state index contributed by atoms with van der Waals surface area (Å²) in [5.41, 5.74) is 1.79. The molecule has 4 aliphatic rings. The molecular formula is C15H22O3. The topological polar surface area (TPSA) is 38.7 Å². The van der Waals surface area contributed by atoms with E-state index in [9.17, 15) is 5.11 Å². The quantitative estimate of drug-likeness (QED) is 0.724. The molecule has 0 bridgehead atoms. The molecule has 0 amide bonds. The van der Waals surface area contributed by atoms with Gasteiger partial charge in [-0.05, 0) is 36.2 Å². The van der Waals surface area contributed by atoms with Crippen molar-refractivity contribution in [1.82, 2.24) is 0 Å². The van der Waals surface area contributed by atoms with Crippen molar-refractivity contribution in [3.63, 3.8) is 0 Å². The van der Waals surface area contributed by atoms with Gasteiger partial charge in [-0.25, -0.2) is 0 Å². The van der Waals surface area contributed by atoms with Crippen LogP contribution < -0.4 is 0 Å². The summed E-state index contributed by atoms with van der Waals surface area (Å²) in [7, 11) is 0. The standard InChI is InChI=1S/C15H22O3/c1-14(8-16)5-2-6-15-9-18-13-12(15)10(7-17-13)3-4-11(14)15/h3,11-13,16H,2,4-9H2,1H3/t11-,12-,13-,14+,15-/m1/s1. The van der Waals surface area contributed by atoms with E-state index in [1.165, 1.54) is 18.4 Å². The number of hydrogen-bond acceptors (Lipinski definition) is 3. The summed E-state index contributed by atoms with van der Waals surface area (Å²) in [6, 6.07) is 0. The number of rotatable bonds is 1. The van der Waals surface area contributed by atoms with E-state index < -0.39 is 0 Å². The highest BCUT2D eigenvalue weighted by molar-refractivity contribution is 5.26. The lowest BCUT2D eigenvalue weighted by Crippen LogP contribution is -2.52. The molecule has 0 unspecified atom stereocenters. The number of ether oxygens (including phenoxy) is 2. The summed E-state index contributed by atoms with van der Waals surface area (Å²) in [6.07, 6.45) is 7.09. The van der Waals surface area contributed by atoms with Gasteiger partial charge in [-0.15, -0.1) is 0 Å². The second-order valence-electron chi connectivity index (χ2n) is 6.93. The normalized spacial score (nSPS) is 53.9. The van der Waals surface area contributed by atoms with Gasteiger partial charge in [0.2, 0.25) is 0 Å². The second kappa shape index (κ2) is 3.59. The maximum atomic E-state index is 9.86. The third-order valence-corrected chi connectivity index (χ3v) is 6.12. The van der Waals surface area contributed by atoms with Gasteiger partial charge >= 0.3 is 0 Å². The van der Waals surface area contributed by atoms with Gasteiger partial charge in [-0.2, -0.15) is 0 Å². The smallest absolute Gasteiger partial charge is 0.165 e. The van der Waals surface area contributed by atoms with Gasteiger partial charge in [0, 0.05) is 17.9 Å². The zero-order valence-corrected chi connectivity index (χ0v) is 11.0. The zero-order valence-electron chi connectivity index (χ0n) is 11.0. The Morgan fingerprint density at radius 1 is 1.39 bits per heavy atom. The fraction of sp³-hybridized carbons (Fsp3) is 0.867. The van der Waals surface area contributed by atoms with Crippen LogP contribution in [0, 0.1) is 22.7 Å². The Bertz CT molecular complexity index is 401. The van der Waals surface area contributed by atoms with Crippen molar-refractivity contribution in [2.45, 2.75) is 38.9 Å². The molecule has 0 radical (unpaired) electrons. The second-order valence-corrected chi connectivity index (χ2v) is 6.93. The molecule has 2 heterocycles. The fourth-order valence-electron chi connectivity index (χ4n) is 5.22. The van der Waals surface area contributed by atoms with Gasteiger partial charge in [-0.3, -0.25) is 0 Å². The van der Waals surface area contributed by atoms with Crippen LogP contribution in [0.4, 0.5) is 0 Å². The van der Waals surface area contributed by atoms with Gasteiger partial charge in [-0.1, -0.05) is 19.4 Å². The number of allylic oxidation sites excluding steroid dienone is 1. The maximum absolute atomic E-state index is 9.86. The van der Waals surface area contributed by atoms with Crippen LogP contribution in [0.2, 0.25) is 0 Å². The Morgan fingerprint density at radius 2 is 2.28 bits per heavy atom. The van der Waals surface area contributed by atoms with Crippen molar-refractivity contribution < 1.29 is 14.6 Å². The van der Waals surface area contributed by atoms with Crippen molar-refractivity contribution in [3.05, 3.63) is 11.6 Å². The molecule has 1 spiro atoms. The lowest BCUT2D eigenvalue weighted by molar-refractivity contribution is -0.0927. The van der Waals surface area contributed by atoms with Gasteiger partial charge in [0.15, 0.2) is 6.29 Å². The maximum Gasteiger partial charge on any atom is 0.165 e. The van der Waals surface area contributed by atoms with Crippen molar-refractivity contribution in [1.29, 1.82) is 0 Å². The molecule has 100 valence electrons. The first-order valence-corrected chi connectivity index (χ1v) is 7.23. The van der Waals surface area contributed by atoms with Crippen LogP contribution in [0.25, 0.3) is 0 Å². The van der Waals surface area contributed by atoms with Crippen LogP contribution >= 0.6 is 0 Å². The van der Waals surface area contributed by atoms with Gasteiger partial charge < -0.3 is 14.6 Å². The molecule has 3 heteroatoms. The van der Waals surface area contributed by atoms with E-state index in [2.05, 4.69) is 13.0 Å². The van der Waals surface area contributed by atoms with E-state index >= 15 is 0 Å². The Balaban J connectivity index is 1.81. The lowest BCUT2D eigenvalue weighted by atomic mass is 9.48. The number of aliphatic hydroxyl groups excluding tert-OH is 1. The van der Waals surface area contributed by atoms with Crippen molar-refractivity contribution >= 4 is 0 Å². The van der Waals surface area contributed by atoms with E-state index in [1.807, 2.05) is 0 Å². The zero-order chi connectivity index (χ0) is 12.4. The molecule has 2 aliphatic heterocycles. The minimum absolute atomic E-state index is 0.0000860. The van der Waals surface area contributed by atoms with Crippen LogP contribution in [0.5, 0.6) is 0 Å². The SMILES string of the molecule is C[C@@]1(CO)CCC[C@@]23CO[C@H]4OCC(=CC[C@H]12)[C@H]43. The van der Waals surface area contributed by atoms with E-state index in [4.69, 9.17) is 9.47 Å². The minimum atomic E-state index is 0.0000860. The largest absolute Gasteiger partial charge is 0.396 e. The molecule has 0 aromatic carbocycles. The average Bonchev–Trinajstić information content (AvgIpc) is 2.96. The van der Waals surface area contributed by atoms with Crippen molar-refractivity contribution in [2.24, 2.45) is 22.7 Å². The fourth-order valence-corrected chi connectivity index (χ4v) is 5.22. The third-order valence-electron chi connectivity index (χ3n) is 6.12. The molecule has 0 aromatic rings. The summed E-state index contributed by atoms with van der Waals surface area (Å²) in [4.78, 5) is 0. The Morgan fingerprint density at radius 3 is 3.11 bits per heavy atom. The van der Waals surface area contributed by atoms with E-state index in [1.54, 1.807) is 0 Å². The molecule has 18 heavy (non-hydrogen) atoms. The number of aliphatic hydroxyl groups is 1. The summed E-state index contributed by atoms with van der Waals surface area (Å²) in [6.45, 7) is 4.17. The average molecular weight is 250 g/mol. The Hall–Kier alpha value is -0.380. The van der Waals surface area contributed by atoms with E-state index in [-0.39, 0.29) is 17.1 Å². The van der Waals surface area contributed by atoms with E-state index in [0.29, 0.717) is 18.4 Å². The molecule has 5 atom stereocenters. The summed E-state index contributed by atoms with van der Waals surface area (Å²) in [5.74, 6) is 1.03. The summed E-state index contributed by atoms with van der Waals surface area (Å²) >= 11 is 0. The van der Waals surface area contributed by atoms with Crippen LogP contribution in [-0.4, -0.2) is 31.2 Å². The highest BCUT2D eigenvalue weighted by atomic mass is 16.7. The molecule has 1 saturated carbocycles. The molecule has 3 nitrogen and oxygen atoms in total. The Labute approximate surface area is 108 Å². The van der Waals surface area contributed by atoms with Crippen molar-refractivity contribution in [2.75, 3.05) is 19.8 Å². The van der Waals surface area contributed by atoms with Gasteiger partial charge in [0.1, 0.15) is 0 Å². The summed E-state index contributed by atoms with van der Waals surface area (Å²) in [5, 5.41) is 9.86. The lowest BCUT2D eigenvalue weighted by Gasteiger charge is -2.55. The Kier molecular flexibility index (Phi) is 2.28. The molecule has 1 N–H and O–H groups in total. The number of hydrogen-bond donors (Lipinski definition) is 1. The van der Waals surface area contributed by atoms with E-state index in [0.717, 1.165) is 26.1 Å². The molecule has 2 saturated heterocycles. The predicted molar refractivity (Wildman–Crippen MR) is 66.8 cm³/mol. The first-order valence-electron chi connectivity index (χ1n) is 7.23. The minimum Gasteiger partial charge on any atom is -0.396 e. The molecule has 4 rings (SSSR count). The van der Waals surface area contributed by atoms with Gasteiger partial charge in [0.05, 0.1) is 13.2 Å². The van der Waals surface area contributed by atoms with Crippen LogP contribution in [0.1, 0.15) is 32.6 Å². The third kappa shape index (κ3) is 1.21. The van der Waals surface area contributed by atoms with Crippen molar-refractivity contribution in [3.8, 4) is 0 Å². The highest BCUT2D eigenvalue weighted by Crippen LogP contribution is 2.64. The predicted octanol–water partition coefficient (Wildman–Crippen LogP) is 2.10. The van der Waals surface area contributed by atoms with Crippen LogP contribution in [0.15, 0.2) is 11.6 Å². The molecule has 3 fully saturated rings. The molecule has 2 aliphatic carbocycles.